The second-order valence-corrected chi connectivity index (χ2v) is 4.65. The number of rotatable bonds is 3. The van der Waals surface area contributed by atoms with Crippen LogP contribution in [-0.4, -0.2) is 15.7 Å². The lowest BCUT2D eigenvalue weighted by Gasteiger charge is -2.07. The average Bonchev–Trinajstić information content (AvgIpc) is 2.69. The summed E-state index contributed by atoms with van der Waals surface area (Å²) in [5.41, 5.74) is 9.18. The smallest absolute Gasteiger partial charge is 0.257 e. The number of nitrogens with one attached hydrogen (secondary N) is 1. The van der Waals surface area contributed by atoms with E-state index >= 15 is 0 Å². The summed E-state index contributed by atoms with van der Waals surface area (Å²) in [4.78, 5) is 12.2. The first-order chi connectivity index (χ1) is 9.01. The highest BCUT2D eigenvalue weighted by molar-refractivity contribution is 6.05. The van der Waals surface area contributed by atoms with Gasteiger partial charge in [-0.05, 0) is 25.5 Å². The third-order valence-electron chi connectivity index (χ3n) is 2.98. The lowest BCUT2D eigenvalue weighted by atomic mass is 10.1. The van der Waals surface area contributed by atoms with E-state index in [2.05, 4.69) is 10.4 Å². The van der Waals surface area contributed by atoms with Crippen LogP contribution in [0.5, 0.6) is 0 Å². The van der Waals surface area contributed by atoms with E-state index in [4.69, 9.17) is 5.73 Å². The molecule has 0 spiro atoms. The highest BCUT2D eigenvalue weighted by Gasteiger charge is 2.13. The number of nitrogens with zero attached hydrogens (tertiary/aromatic N) is 2. The van der Waals surface area contributed by atoms with E-state index in [0.717, 1.165) is 16.7 Å². The second-order valence-electron chi connectivity index (χ2n) is 4.65. The number of anilines is 1. The number of carbonyl (C=O) groups is 1. The molecule has 0 saturated heterocycles. The van der Waals surface area contributed by atoms with Crippen LogP contribution in [0.1, 0.15) is 27.0 Å². The minimum Gasteiger partial charge on any atom is -0.326 e. The Morgan fingerprint density at radius 2 is 2.16 bits per heavy atom. The van der Waals surface area contributed by atoms with E-state index in [0.29, 0.717) is 17.9 Å². The molecule has 0 aliphatic carbocycles. The largest absolute Gasteiger partial charge is 0.326 e. The van der Waals surface area contributed by atoms with E-state index in [1.807, 2.05) is 32.0 Å². The van der Waals surface area contributed by atoms with Gasteiger partial charge in [0, 0.05) is 30.9 Å². The molecule has 5 heteroatoms. The van der Waals surface area contributed by atoms with Crippen molar-refractivity contribution in [1.29, 1.82) is 0 Å². The molecule has 1 heterocycles. The number of aryl methyl sites for hydroxylation is 3. The van der Waals surface area contributed by atoms with E-state index in [1.165, 1.54) is 0 Å². The molecule has 2 aromatic rings. The van der Waals surface area contributed by atoms with Gasteiger partial charge in [0.15, 0.2) is 5.82 Å². The zero-order valence-corrected chi connectivity index (χ0v) is 11.4. The molecule has 0 aliphatic rings. The third kappa shape index (κ3) is 2.82. The fraction of sp³-hybridized carbons (Fsp3) is 0.286. The molecule has 1 aromatic carbocycles. The molecule has 0 fully saturated rings. The number of aromatic nitrogens is 2. The third-order valence-corrected chi connectivity index (χ3v) is 2.98. The maximum Gasteiger partial charge on any atom is 0.257 e. The summed E-state index contributed by atoms with van der Waals surface area (Å²) >= 11 is 0. The summed E-state index contributed by atoms with van der Waals surface area (Å²) in [6, 6.07) is 5.73. The number of carbonyl (C=O) groups excluding carboxylic acids is 1. The molecule has 0 unspecified atom stereocenters. The molecule has 0 bridgehead atoms. The van der Waals surface area contributed by atoms with Gasteiger partial charge in [-0.15, -0.1) is 0 Å². The topological polar surface area (TPSA) is 72.9 Å². The molecular formula is C14H18N4O. The number of nitrogens with two attached hydrogens (primary N) is 1. The molecule has 19 heavy (non-hydrogen) atoms. The fourth-order valence-electron chi connectivity index (χ4n) is 2.04. The predicted octanol–water partition coefficient (Wildman–Crippen LogP) is 1.75. The summed E-state index contributed by atoms with van der Waals surface area (Å²) in [6.07, 6.45) is 1.80. The van der Waals surface area contributed by atoms with Crippen molar-refractivity contribution in [3.8, 4) is 0 Å². The van der Waals surface area contributed by atoms with Gasteiger partial charge in [0.25, 0.3) is 5.91 Å². The average molecular weight is 258 g/mol. The van der Waals surface area contributed by atoms with Gasteiger partial charge >= 0.3 is 0 Å². The number of hydrogen-bond donors (Lipinski definition) is 2. The van der Waals surface area contributed by atoms with Crippen molar-refractivity contribution in [2.24, 2.45) is 12.8 Å². The van der Waals surface area contributed by atoms with Gasteiger partial charge in [-0.3, -0.25) is 9.48 Å². The molecule has 5 nitrogen and oxygen atoms in total. The van der Waals surface area contributed by atoms with Gasteiger partial charge in [0.2, 0.25) is 0 Å². The van der Waals surface area contributed by atoms with Crippen LogP contribution in [0.2, 0.25) is 0 Å². The minimum absolute atomic E-state index is 0.161. The lowest BCUT2D eigenvalue weighted by Crippen LogP contribution is -2.15. The summed E-state index contributed by atoms with van der Waals surface area (Å²) in [5, 5.41) is 7.01. The Bertz CT molecular complexity index is 616. The zero-order chi connectivity index (χ0) is 14.0. The lowest BCUT2D eigenvalue weighted by molar-refractivity contribution is 0.102. The van der Waals surface area contributed by atoms with Crippen LogP contribution < -0.4 is 11.1 Å². The molecule has 1 aromatic heterocycles. The minimum atomic E-state index is -0.161. The van der Waals surface area contributed by atoms with Gasteiger partial charge in [-0.25, -0.2) is 0 Å². The summed E-state index contributed by atoms with van der Waals surface area (Å²) in [6.45, 7) is 4.26. The summed E-state index contributed by atoms with van der Waals surface area (Å²) in [7, 11) is 1.80. The molecule has 0 radical (unpaired) electrons. The summed E-state index contributed by atoms with van der Waals surface area (Å²) in [5.74, 6) is 0.362. The zero-order valence-electron chi connectivity index (χ0n) is 11.4. The first-order valence-electron chi connectivity index (χ1n) is 6.12. The maximum absolute atomic E-state index is 12.2. The van der Waals surface area contributed by atoms with Crippen LogP contribution in [0.4, 0.5) is 5.82 Å². The Hall–Kier alpha value is -2.14. The molecule has 1 amide bonds. The Morgan fingerprint density at radius 1 is 1.42 bits per heavy atom. The van der Waals surface area contributed by atoms with E-state index < -0.39 is 0 Å². The van der Waals surface area contributed by atoms with Crippen molar-refractivity contribution in [1.82, 2.24) is 9.78 Å². The van der Waals surface area contributed by atoms with Crippen molar-refractivity contribution < 1.29 is 4.79 Å². The standard InChI is InChI=1S/C14H18N4O/c1-9-4-5-12(10(2)6-9)14(19)16-13-11(7-15)8-18(3)17-13/h4-6,8H,7,15H2,1-3H3,(H,16,17,19). The van der Waals surface area contributed by atoms with Crippen LogP contribution >= 0.6 is 0 Å². The van der Waals surface area contributed by atoms with Crippen LogP contribution in [-0.2, 0) is 13.6 Å². The van der Waals surface area contributed by atoms with E-state index in [1.54, 1.807) is 17.9 Å². The Kier molecular flexibility index (Phi) is 3.66. The maximum atomic E-state index is 12.2. The number of hydrogen-bond acceptors (Lipinski definition) is 3. The van der Waals surface area contributed by atoms with Gasteiger partial charge in [0.1, 0.15) is 0 Å². The highest BCUT2D eigenvalue weighted by Crippen LogP contribution is 2.15. The Morgan fingerprint density at radius 3 is 2.79 bits per heavy atom. The van der Waals surface area contributed by atoms with Crippen molar-refractivity contribution in [3.05, 3.63) is 46.6 Å². The summed E-state index contributed by atoms with van der Waals surface area (Å²) < 4.78 is 1.64. The van der Waals surface area contributed by atoms with Crippen molar-refractivity contribution >= 4 is 11.7 Å². The Balaban J connectivity index is 2.25. The normalized spacial score (nSPS) is 10.5. The molecule has 2 rings (SSSR count). The highest BCUT2D eigenvalue weighted by atomic mass is 16.1. The molecule has 0 aliphatic heterocycles. The van der Waals surface area contributed by atoms with Crippen LogP contribution in [0.15, 0.2) is 24.4 Å². The van der Waals surface area contributed by atoms with E-state index in [9.17, 15) is 4.79 Å². The fourth-order valence-corrected chi connectivity index (χ4v) is 2.04. The second kappa shape index (κ2) is 5.24. The molecule has 0 saturated carbocycles. The van der Waals surface area contributed by atoms with Crippen LogP contribution in [0.3, 0.4) is 0 Å². The van der Waals surface area contributed by atoms with Gasteiger partial charge < -0.3 is 11.1 Å². The first kappa shape index (κ1) is 13.3. The molecule has 0 atom stereocenters. The molecule has 3 N–H and O–H groups in total. The van der Waals surface area contributed by atoms with E-state index in [-0.39, 0.29) is 5.91 Å². The molecular weight excluding hydrogens is 240 g/mol. The first-order valence-corrected chi connectivity index (χ1v) is 6.12. The monoisotopic (exact) mass is 258 g/mol. The SMILES string of the molecule is Cc1ccc(C(=O)Nc2nn(C)cc2CN)c(C)c1. The van der Waals surface area contributed by atoms with Crippen molar-refractivity contribution in [2.45, 2.75) is 20.4 Å². The van der Waals surface area contributed by atoms with Gasteiger partial charge in [-0.2, -0.15) is 5.10 Å². The van der Waals surface area contributed by atoms with Crippen LogP contribution in [0, 0.1) is 13.8 Å². The number of amides is 1. The van der Waals surface area contributed by atoms with Gasteiger partial charge in [0.05, 0.1) is 0 Å². The quantitative estimate of drug-likeness (QED) is 0.881. The Labute approximate surface area is 112 Å². The van der Waals surface area contributed by atoms with Crippen LogP contribution in [0.25, 0.3) is 0 Å². The van der Waals surface area contributed by atoms with Crippen molar-refractivity contribution in [3.63, 3.8) is 0 Å². The van der Waals surface area contributed by atoms with Crippen molar-refractivity contribution in [2.75, 3.05) is 5.32 Å². The predicted molar refractivity (Wildman–Crippen MR) is 75.0 cm³/mol. The van der Waals surface area contributed by atoms with Gasteiger partial charge in [-0.1, -0.05) is 17.7 Å². The number of benzene rings is 1. The molecule has 100 valence electrons.